The van der Waals surface area contributed by atoms with Gasteiger partial charge in [-0.3, -0.25) is 9.36 Å². The lowest BCUT2D eigenvalue weighted by molar-refractivity contribution is -0.149. The summed E-state index contributed by atoms with van der Waals surface area (Å²) in [5.74, 6) is 0.236. The maximum absolute atomic E-state index is 13.6. The Balaban J connectivity index is 1.62. The number of nitrogens with two attached hydrogens (primary N) is 1. The summed E-state index contributed by atoms with van der Waals surface area (Å²) < 4.78 is 32.4. The van der Waals surface area contributed by atoms with E-state index in [-0.39, 0.29) is 25.0 Å². The van der Waals surface area contributed by atoms with E-state index in [0.717, 1.165) is 0 Å². The van der Waals surface area contributed by atoms with Crippen LogP contribution in [-0.4, -0.2) is 56.5 Å². The number of imidazole rings is 1. The van der Waals surface area contributed by atoms with E-state index in [0.29, 0.717) is 29.3 Å². The molecule has 34 heavy (non-hydrogen) atoms. The first-order valence-electron chi connectivity index (χ1n) is 11.0. The van der Waals surface area contributed by atoms with Gasteiger partial charge in [0.25, 0.3) is 0 Å². The minimum Gasteiger partial charge on any atom is -0.462 e. The highest BCUT2D eigenvalue weighted by atomic mass is 31.2. The van der Waals surface area contributed by atoms with Gasteiger partial charge >= 0.3 is 13.5 Å². The lowest BCUT2D eigenvalue weighted by atomic mass is 10.3. The number of rotatable bonds is 12. The molecule has 0 bridgehead atoms. The highest BCUT2D eigenvalue weighted by Crippen LogP contribution is 2.43. The second-order valence-electron chi connectivity index (χ2n) is 8.15. The van der Waals surface area contributed by atoms with Crippen LogP contribution in [0.4, 0.5) is 5.82 Å². The van der Waals surface area contributed by atoms with Crippen LogP contribution >= 0.6 is 7.52 Å². The number of para-hydroxylation sites is 1. The summed E-state index contributed by atoms with van der Waals surface area (Å²) in [4.78, 5) is 24.7. The van der Waals surface area contributed by atoms with Crippen molar-refractivity contribution in [3.63, 3.8) is 0 Å². The van der Waals surface area contributed by atoms with E-state index in [4.69, 9.17) is 19.7 Å². The van der Waals surface area contributed by atoms with E-state index in [1.807, 2.05) is 17.6 Å². The van der Waals surface area contributed by atoms with Gasteiger partial charge < -0.3 is 24.3 Å². The number of benzene rings is 1. The molecular weight excluding hydrogens is 459 g/mol. The van der Waals surface area contributed by atoms with E-state index >= 15 is 0 Å². The van der Waals surface area contributed by atoms with Crippen LogP contribution in [0, 0.1) is 0 Å². The van der Waals surface area contributed by atoms with Crippen LogP contribution in [0.5, 0.6) is 5.75 Å². The Kier molecular flexibility index (Phi) is 8.60. The fraction of sp³-hybridized carbons (Fsp3) is 0.455. The van der Waals surface area contributed by atoms with Crippen molar-refractivity contribution in [3.05, 3.63) is 43.0 Å². The number of carbonyl (C=O) groups excluding carboxylic acids is 1. The van der Waals surface area contributed by atoms with Crippen LogP contribution in [0.1, 0.15) is 27.7 Å². The van der Waals surface area contributed by atoms with Crippen molar-refractivity contribution >= 4 is 30.5 Å². The molecule has 0 aliphatic rings. The number of anilines is 1. The van der Waals surface area contributed by atoms with Crippen molar-refractivity contribution in [3.8, 4) is 5.75 Å². The Labute approximate surface area is 198 Å². The molecule has 0 saturated heterocycles. The third kappa shape index (κ3) is 6.99. The molecule has 11 nitrogen and oxygen atoms in total. The zero-order valence-electron chi connectivity index (χ0n) is 19.7. The van der Waals surface area contributed by atoms with Gasteiger partial charge in [-0.2, -0.15) is 0 Å². The average Bonchev–Trinajstić information content (AvgIpc) is 3.17. The van der Waals surface area contributed by atoms with Crippen molar-refractivity contribution in [2.24, 2.45) is 0 Å². The molecule has 3 N–H and O–H groups in total. The zero-order chi connectivity index (χ0) is 24.7. The number of fused-ring (bicyclic) bond motifs is 1. The molecule has 0 saturated carbocycles. The Bertz CT molecular complexity index is 1140. The van der Waals surface area contributed by atoms with Crippen LogP contribution in [0.25, 0.3) is 11.2 Å². The summed E-state index contributed by atoms with van der Waals surface area (Å²) >= 11 is 0. The third-order valence-corrected chi connectivity index (χ3v) is 6.82. The van der Waals surface area contributed by atoms with Crippen molar-refractivity contribution in [1.29, 1.82) is 0 Å². The Morgan fingerprint density at radius 3 is 2.59 bits per heavy atom. The molecule has 0 spiro atoms. The zero-order valence-corrected chi connectivity index (χ0v) is 20.6. The first kappa shape index (κ1) is 25.6. The second-order valence-corrected chi connectivity index (χ2v) is 10.4. The van der Waals surface area contributed by atoms with Gasteiger partial charge in [0.2, 0.25) is 0 Å². The normalized spacial score (nSPS) is 15.1. The predicted molar refractivity (Wildman–Crippen MR) is 129 cm³/mol. The number of ether oxygens (including phenoxy) is 2. The molecule has 3 rings (SSSR count). The number of hydrogen-bond donors (Lipinski definition) is 2. The molecule has 0 radical (unpaired) electrons. The minimum atomic E-state index is -3.50. The molecule has 3 aromatic rings. The van der Waals surface area contributed by atoms with Crippen molar-refractivity contribution < 1.29 is 23.4 Å². The molecular formula is C22H31N6O5P. The fourth-order valence-electron chi connectivity index (χ4n) is 3.21. The summed E-state index contributed by atoms with van der Waals surface area (Å²) in [5, 5.41) is 2.83. The lowest BCUT2D eigenvalue weighted by Crippen LogP contribution is -2.37. The molecule has 0 fully saturated rings. The Hall–Kier alpha value is -3.01. The average molecular weight is 491 g/mol. The number of nitrogens with one attached hydrogen (secondary N) is 1. The quantitative estimate of drug-likeness (QED) is 0.287. The van der Waals surface area contributed by atoms with E-state index in [9.17, 15) is 9.36 Å². The molecule has 0 amide bonds. The van der Waals surface area contributed by atoms with Gasteiger partial charge in [0.15, 0.2) is 11.5 Å². The summed E-state index contributed by atoms with van der Waals surface area (Å²) in [7, 11) is -3.50. The van der Waals surface area contributed by atoms with Crippen LogP contribution in [0.15, 0.2) is 43.0 Å². The van der Waals surface area contributed by atoms with Gasteiger partial charge in [0.1, 0.15) is 23.6 Å². The summed E-state index contributed by atoms with van der Waals surface area (Å²) in [6, 6.07) is 7.97. The number of carbonyl (C=O) groups is 1. The van der Waals surface area contributed by atoms with Gasteiger partial charge in [-0.05, 0) is 39.8 Å². The van der Waals surface area contributed by atoms with Crippen LogP contribution in [-0.2, 0) is 25.4 Å². The lowest BCUT2D eigenvalue weighted by Gasteiger charge is -2.24. The second kappa shape index (κ2) is 11.4. The van der Waals surface area contributed by atoms with Crippen molar-refractivity contribution in [2.45, 2.75) is 52.5 Å². The molecule has 2 aromatic heterocycles. The Morgan fingerprint density at radius 2 is 1.88 bits per heavy atom. The summed E-state index contributed by atoms with van der Waals surface area (Å²) in [6.45, 7) is 7.57. The number of aromatic nitrogens is 4. The molecule has 0 aliphatic heterocycles. The highest BCUT2D eigenvalue weighted by molar-refractivity contribution is 7.57. The molecule has 184 valence electrons. The molecule has 12 heteroatoms. The summed E-state index contributed by atoms with van der Waals surface area (Å²) in [6.07, 6.45) is 2.53. The molecule has 0 unspecified atom stereocenters. The molecule has 1 aromatic carbocycles. The van der Waals surface area contributed by atoms with Gasteiger partial charge in [-0.25, -0.2) is 20.0 Å². The number of nitrogen functional groups attached to an aromatic ring is 1. The van der Waals surface area contributed by atoms with E-state index in [2.05, 4.69) is 20.0 Å². The van der Waals surface area contributed by atoms with Gasteiger partial charge in [0, 0.05) is 0 Å². The van der Waals surface area contributed by atoms with Crippen molar-refractivity contribution in [2.75, 3.05) is 18.5 Å². The number of nitrogens with zero attached hydrogens (tertiary/aromatic N) is 4. The van der Waals surface area contributed by atoms with E-state index < -0.39 is 19.5 Å². The smallest absolute Gasteiger partial charge is 0.323 e. The van der Waals surface area contributed by atoms with Gasteiger partial charge in [-0.1, -0.05) is 18.2 Å². The third-order valence-electron chi connectivity index (χ3n) is 4.76. The maximum Gasteiger partial charge on any atom is 0.323 e. The minimum absolute atomic E-state index is 0.0470. The van der Waals surface area contributed by atoms with E-state index in [1.54, 1.807) is 51.4 Å². The number of esters is 1. The van der Waals surface area contributed by atoms with Crippen LogP contribution in [0.3, 0.4) is 0 Å². The maximum atomic E-state index is 13.6. The van der Waals surface area contributed by atoms with Gasteiger partial charge in [-0.15, -0.1) is 0 Å². The van der Waals surface area contributed by atoms with Crippen LogP contribution < -0.4 is 15.3 Å². The molecule has 0 aliphatic carbocycles. The topological polar surface area (TPSA) is 143 Å². The predicted octanol–water partition coefficient (Wildman–Crippen LogP) is 3.02. The van der Waals surface area contributed by atoms with E-state index in [1.165, 1.54) is 6.33 Å². The Morgan fingerprint density at radius 1 is 1.15 bits per heavy atom. The SMILES string of the molecule is CC(C)OC(=O)[C@H](C)N[P@](=O)(CCO[C@H](C)Cn1cnc2c(N)ncnc21)Oc1ccccc1. The van der Waals surface area contributed by atoms with Crippen LogP contribution in [0.2, 0.25) is 0 Å². The first-order valence-corrected chi connectivity index (χ1v) is 12.8. The van der Waals surface area contributed by atoms with Crippen molar-refractivity contribution in [1.82, 2.24) is 24.6 Å². The van der Waals surface area contributed by atoms with Gasteiger partial charge in [0.05, 0.1) is 37.8 Å². The fourth-order valence-corrected chi connectivity index (χ4v) is 4.98. The number of hydrogen-bond acceptors (Lipinski definition) is 9. The standard InChI is InChI=1S/C22H31N6O5P/c1-15(2)32-22(29)17(4)27-34(30,33-18-8-6-5-7-9-18)11-10-31-16(3)12-28-14-26-19-20(23)24-13-25-21(19)28/h5-9,13-17H,10-12H2,1-4H3,(H,27,30)(H2,23,24,25)/t16-,17+,34+/m1/s1. The summed E-state index contributed by atoms with van der Waals surface area (Å²) in [5.41, 5.74) is 6.98. The molecule has 2 heterocycles. The molecule has 3 atom stereocenters. The largest absolute Gasteiger partial charge is 0.462 e. The highest BCUT2D eigenvalue weighted by Gasteiger charge is 2.31. The monoisotopic (exact) mass is 490 g/mol. The first-order chi connectivity index (χ1) is 16.2.